The number of Topliss-reactive ketones (excluding diaryl/α,β-unsaturated/α-hetero) is 1. The fourth-order valence-corrected chi connectivity index (χ4v) is 2.54. The number of esters is 1. The molecule has 0 fully saturated rings. The van der Waals surface area contributed by atoms with Gasteiger partial charge in [0.2, 0.25) is 0 Å². The highest BCUT2D eigenvalue weighted by Crippen LogP contribution is 2.26. The van der Waals surface area contributed by atoms with Crippen molar-refractivity contribution < 1.29 is 14.3 Å². The zero-order chi connectivity index (χ0) is 14.0. The van der Waals surface area contributed by atoms with Gasteiger partial charge < -0.3 is 9.30 Å². The van der Waals surface area contributed by atoms with Crippen molar-refractivity contribution in [2.75, 3.05) is 6.61 Å². The van der Waals surface area contributed by atoms with Crippen molar-refractivity contribution in [3.8, 4) is 0 Å². The lowest BCUT2D eigenvalue weighted by Gasteiger charge is -2.18. The minimum absolute atomic E-state index is 0.0243. The summed E-state index contributed by atoms with van der Waals surface area (Å²) in [5, 5.41) is 0. The van der Waals surface area contributed by atoms with Crippen LogP contribution in [0.1, 0.15) is 60.2 Å². The lowest BCUT2D eigenvalue weighted by Crippen LogP contribution is -2.21. The van der Waals surface area contributed by atoms with Crippen molar-refractivity contribution >= 4 is 11.8 Å². The Morgan fingerprint density at radius 1 is 1.37 bits per heavy atom. The first-order chi connectivity index (χ1) is 9.06. The van der Waals surface area contributed by atoms with Gasteiger partial charge in [0.1, 0.15) is 0 Å². The number of fused-ring (bicyclic) bond motifs is 1. The van der Waals surface area contributed by atoms with Gasteiger partial charge in [0, 0.05) is 18.2 Å². The fraction of sp³-hybridized carbons (Fsp3) is 0.600. The molecular formula is C15H21NO3. The fourth-order valence-electron chi connectivity index (χ4n) is 2.54. The van der Waals surface area contributed by atoms with Crippen LogP contribution >= 0.6 is 0 Å². The van der Waals surface area contributed by atoms with Crippen molar-refractivity contribution in [3.05, 3.63) is 23.0 Å². The molecule has 4 nitrogen and oxygen atoms in total. The summed E-state index contributed by atoms with van der Waals surface area (Å²) in [6, 6.07) is 1.84. The molecule has 0 unspecified atom stereocenters. The molecule has 19 heavy (non-hydrogen) atoms. The number of ketones is 1. The van der Waals surface area contributed by atoms with Gasteiger partial charge in [-0.3, -0.25) is 4.79 Å². The van der Waals surface area contributed by atoms with E-state index in [0.29, 0.717) is 17.9 Å². The van der Waals surface area contributed by atoms with E-state index in [1.54, 1.807) is 6.92 Å². The zero-order valence-corrected chi connectivity index (χ0v) is 11.9. The van der Waals surface area contributed by atoms with Crippen LogP contribution in [0.2, 0.25) is 0 Å². The quantitative estimate of drug-likeness (QED) is 0.620. The molecule has 0 N–H and O–H groups in total. The standard InChI is InChI=1S/C15H21NO3/c1-4-19-15(18)12-9-11-7-5-6-8-16(11)13(12)14(17)10(2)3/h9-10H,4-8H2,1-3H3. The second kappa shape index (κ2) is 5.59. The van der Waals surface area contributed by atoms with Gasteiger partial charge in [-0.2, -0.15) is 0 Å². The number of carbonyl (C=O) groups is 2. The lowest BCUT2D eigenvalue weighted by atomic mass is 10.0. The molecule has 0 aromatic carbocycles. The molecule has 0 bridgehead atoms. The summed E-state index contributed by atoms with van der Waals surface area (Å²) in [6.45, 7) is 6.65. The van der Waals surface area contributed by atoms with E-state index in [1.165, 1.54) is 0 Å². The SMILES string of the molecule is CCOC(=O)c1cc2n(c1C(=O)C(C)C)CCCC2. The van der Waals surface area contributed by atoms with Crippen LogP contribution in [0.5, 0.6) is 0 Å². The third kappa shape index (κ3) is 2.57. The number of aromatic nitrogens is 1. The summed E-state index contributed by atoms with van der Waals surface area (Å²) in [5.41, 5.74) is 2.07. The monoisotopic (exact) mass is 263 g/mol. The summed E-state index contributed by atoms with van der Waals surface area (Å²) in [5.74, 6) is -0.473. The van der Waals surface area contributed by atoms with E-state index in [9.17, 15) is 9.59 Å². The van der Waals surface area contributed by atoms with Gasteiger partial charge in [0.15, 0.2) is 5.78 Å². The summed E-state index contributed by atoms with van der Waals surface area (Å²) < 4.78 is 7.08. The van der Waals surface area contributed by atoms with Gasteiger partial charge in [-0.1, -0.05) is 13.8 Å². The van der Waals surface area contributed by atoms with E-state index < -0.39 is 0 Å². The summed E-state index contributed by atoms with van der Waals surface area (Å²) in [4.78, 5) is 24.4. The van der Waals surface area contributed by atoms with Crippen LogP contribution in [-0.4, -0.2) is 22.9 Å². The van der Waals surface area contributed by atoms with Crippen LogP contribution in [0, 0.1) is 5.92 Å². The second-order valence-electron chi connectivity index (χ2n) is 5.25. The van der Waals surface area contributed by atoms with E-state index in [0.717, 1.165) is 31.5 Å². The van der Waals surface area contributed by atoms with Crippen LogP contribution in [-0.2, 0) is 17.7 Å². The van der Waals surface area contributed by atoms with Gasteiger partial charge in [-0.05, 0) is 32.3 Å². The molecule has 0 atom stereocenters. The van der Waals surface area contributed by atoms with E-state index in [1.807, 2.05) is 24.5 Å². The first-order valence-electron chi connectivity index (χ1n) is 7.00. The first-order valence-corrected chi connectivity index (χ1v) is 7.00. The van der Waals surface area contributed by atoms with Crippen molar-refractivity contribution in [3.63, 3.8) is 0 Å². The molecule has 2 rings (SSSR count). The molecule has 1 aliphatic heterocycles. The Morgan fingerprint density at radius 2 is 2.11 bits per heavy atom. The predicted molar refractivity (Wildman–Crippen MR) is 72.5 cm³/mol. The van der Waals surface area contributed by atoms with Gasteiger partial charge in [-0.25, -0.2) is 4.79 Å². The van der Waals surface area contributed by atoms with Crippen LogP contribution < -0.4 is 0 Å². The lowest BCUT2D eigenvalue weighted by molar-refractivity contribution is 0.0522. The number of carbonyl (C=O) groups excluding carboxylic acids is 2. The first kappa shape index (κ1) is 13.8. The normalized spacial score (nSPS) is 14.3. The highest BCUT2D eigenvalue weighted by atomic mass is 16.5. The maximum atomic E-state index is 12.4. The van der Waals surface area contributed by atoms with Crippen LogP contribution in [0.3, 0.4) is 0 Å². The largest absolute Gasteiger partial charge is 0.462 e. The maximum absolute atomic E-state index is 12.4. The minimum atomic E-state index is -0.381. The molecule has 0 saturated carbocycles. The number of rotatable bonds is 4. The molecule has 4 heteroatoms. The zero-order valence-electron chi connectivity index (χ0n) is 11.9. The topological polar surface area (TPSA) is 48.3 Å². The van der Waals surface area contributed by atoms with E-state index in [4.69, 9.17) is 4.74 Å². The molecule has 1 aliphatic rings. The van der Waals surface area contributed by atoms with Crippen molar-refractivity contribution in [1.29, 1.82) is 0 Å². The van der Waals surface area contributed by atoms with E-state index in [-0.39, 0.29) is 17.7 Å². The molecule has 0 amide bonds. The van der Waals surface area contributed by atoms with E-state index >= 15 is 0 Å². The van der Waals surface area contributed by atoms with Crippen molar-refractivity contribution in [2.24, 2.45) is 5.92 Å². The minimum Gasteiger partial charge on any atom is -0.462 e. The van der Waals surface area contributed by atoms with Crippen molar-refractivity contribution in [1.82, 2.24) is 4.57 Å². The van der Waals surface area contributed by atoms with Crippen LogP contribution in [0.25, 0.3) is 0 Å². The molecule has 0 saturated heterocycles. The Labute approximate surface area is 113 Å². The molecule has 104 valence electrons. The van der Waals surface area contributed by atoms with E-state index in [2.05, 4.69) is 0 Å². The summed E-state index contributed by atoms with van der Waals surface area (Å²) >= 11 is 0. The smallest absolute Gasteiger partial charge is 0.340 e. The molecule has 2 heterocycles. The molecule has 1 aromatic heterocycles. The third-order valence-corrected chi connectivity index (χ3v) is 3.50. The number of aryl methyl sites for hydroxylation is 1. The third-order valence-electron chi connectivity index (χ3n) is 3.50. The Bertz CT molecular complexity index is 500. The van der Waals surface area contributed by atoms with Gasteiger partial charge >= 0.3 is 5.97 Å². The highest BCUT2D eigenvalue weighted by Gasteiger charge is 2.28. The number of hydrogen-bond donors (Lipinski definition) is 0. The Morgan fingerprint density at radius 3 is 2.74 bits per heavy atom. The Balaban J connectivity index is 2.49. The Hall–Kier alpha value is -1.58. The average molecular weight is 263 g/mol. The van der Waals surface area contributed by atoms with Crippen LogP contribution in [0.4, 0.5) is 0 Å². The van der Waals surface area contributed by atoms with Crippen molar-refractivity contribution in [2.45, 2.75) is 46.6 Å². The Kier molecular flexibility index (Phi) is 4.08. The molecule has 0 spiro atoms. The molecule has 0 aliphatic carbocycles. The number of hydrogen-bond acceptors (Lipinski definition) is 3. The number of ether oxygens (including phenoxy) is 1. The average Bonchev–Trinajstić information content (AvgIpc) is 2.77. The second-order valence-corrected chi connectivity index (χ2v) is 5.25. The highest BCUT2D eigenvalue weighted by molar-refractivity contribution is 6.06. The number of nitrogens with zero attached hydrogens (tertiary/aromatic N) is 1. The summed E-state index contributed by atoms with van der Waals surface area (Å²) in [6.07, 6.45) is 3.10. The molecule has 0 radical (unpaired) electrons. The van der Waals surface area contributed by atoms with Gasteiger partial charge in [-0.15, -0.1) is 0 Å². The summed E-state index contributed by atoms with van der Waals surface area (Å²) in [7, 11) is 0. The predicted octanol–water partition coefficient (Wildman–Crippen LogP) is 2.84. The van der Waals surface area contributed by atoms with Crippen LogP contribution in [0.15, 0.2) is 6.07 Å². The maximum Gasteiger partial charge on any atom is 0.340 e. The van der Waals surface area contributed by atoms with Gasteiger partial charge in [0.25, 0.3) is 0 Å². The van der Waals surface area contributed by atoms with Gasteiger partial charge in [0.05, 0.1) is 17.9 Å². The molecular weight excluding hydrogens is 242 g/mol. The molecule has 1 aromatic rings.